The largest absolute Gasteiger partial charge is 0.430 e. The molecule has 3 saturated carbocycles. The number of aliphatic hydroxyl groups is 3. The molecule has 1 aromatic carbocycles. The zero-order valence-corrected chi connectivity index (χ0v) is 20.8. The van der Waals surface area contributed by atoms with Gasteiger partial charge < -0.3 is 20.1 Å². The van der Waals surface area contributed by atoms with Crippen LogP contribution in [0.2, 0.25) is 0 Å². The van der Waals surface area contributed by atoms with Crippen molar-refractivity contribution in [2.75, 3.05) is 6.61 Å². The molecule has 192 valence electrons. The standard InChI is InChI=1S/C29H34O7/c1-27-15-22(32)26-20(21(27)10-11-29(27,35)23(33)16-30)9-8-18-13-19(31)14-24(28(18,26)2)36-25(34)12-17-6-4-3-5-7-17/h3-7,13-14,20-22,26,30,32,35H,8-12,15-16H2,1-2H3/t20-,21-,22-,26+,27-,28+,29-/m0/s1. The van der Waals surface area contributed by atoms with Crippen LogP contribution >= 0.6 is 0 Å². The molecule has 0 spiro atoms. The minimum atomic E-state index is -1.68. The summed E-state index contributed by atoms with van der Waals surface area (Å²) < 4.78 is 5.88. The van der Waals surface area contributed by atoms with Crippen LogP contribution in [-0.4, -0.2) is 51.2 Å². The maximum Gasteiger partial charge on any atom is 0.315 e. The van der Waals surface area contributed by atoms with Crippen LogP contribution in [0, 0.1) is 28.6 Å². The van der Waals surface area contributed by atoms with Crippen molar-refractivity contribution in [3.63, 3.8) is 0 Å². The number of fused-ring (bicyclic) bond motifs is 5. The van der Waals surface area contributed by atoms with Crippen LogP contribution in [0.5, 0.6) is 0 Å². The fourth-order valence-electron chi connectivity index (χ4n) is 8.05. The van der Waals surface area contributed by atoms with Crippen LogP contribution in [0.25, 0.3) is 0 Å². The van der Waals surface area contributed by atoms with E-state index in [0.717, 1.165) is 11.1 Å². The molecule has 3 fully saturated rings. The molecule has 4 aliphatic rings. The second-order valence-electron chi connectivity index (χ2n) is 11.4. The second kappa shape index (κ2) is 8.75. The number of carbonyl (C=O) groups excluding carboxylic acids is 3. The van der Waals surface area contributed by atoms with Crippen LogP contribution in [0.1, 0.15) is 51.5 Å². The zero-order valence-electron chi connectivity index (χ0n) is 20.8. The Labute approximate surface area is 210 Å². The number of allylic oxidation sites excluding steroid dienone is 3. The Balaban J connectivity index is 1.48. The molecule has 0 heterocycles. The maximum atomic E-state index is 12.9. The topological polar surface area (TPSA) is 121 Å². The van der Waals surface area contributed by atoms with Crippen LogP contribution in [-0.2, 0) is 25.5 Å². The number of rotatable bonds is 5. The third-order valence-electron chi connectivity index (χ3n) is 9.81. The van der Waals surface area contributed by atoms with E-state index in [2.05, 4.69) is 0 Å². The van der Waals surface area contributed by atoms with E-state index in [1.54, 1.807) is 6.08 Å². The van der Waals surface area contributed by atoms with Gasteiger partial charge in [0.25, 0.3) is 0 Å². The molecule has 0 saturated heterocycles. The Morgan fingerprint density at radius 2 is 1.83 bits per heavy atom. The lowest BCUT2D eigenvalue weighted by Crippen LogP contribution is -2.62. The van der Waals surface area contributed by atoms with Gasteiger partial charge in [-0.2, -0.15) is 0 Å². The number of hydrogen-bond acceptors (Lipinski definition) is 7. The van der Waals surface area contributed by atoms with Crippen molar-refractivity contribution >= 4 is 17.5 Å². The number of ketones is 2. The van der Waals surface area contributed by atoms with E-state index in [1.807, 2.05) is 44.2 Å². The van der Waals surface area contributed by atoms with E-state index in [9.17, 15) is 29.7 Å². The van der Waals surface area contributed by atoms with Crippen LogP contribution < -0.4 is 0 Å². The molecule has 5 rings (SSSR count). The first-order chi connectivity index (χ1) is 17.0. The van der Waals surface area contributed by atoms with Gasteiger partial charge in [0.1, 0.15) is 18.0 Å². The van der Waals surface area contributed by atoms with E-state index in [0.29, 0.717) is 19.3 Å². The Morgan fingerprint density at radius 1 is 1.11 bits per heavy atom. The molecule has 7 heteroatoms. The predicted octanol–water partition coefficient (Wildman–Crippen LogP) is 2.67. The molecule has 0 bridgehead atoms. The van der Waals surface area contributed by atoms with E-state index in [-0.39, 0.29) is 48.6 Å². The van der Waals surface area contributed by atoms with Gasteiger partial charge in [0, 0.05) is 17.4 Å². The van der Waals surface area contributed by atoms with Gasteiger partial charge in [-0.3, -0.25) is 14.4 Å². The fourth-order valence-corrected chi connectivity index (χ4v) is 8.05. The third kappa shape index (κ3) is 3.55. The first-order valence-electron chi connectivity index (χ1n) is 12.8. The van der Waals surface area contributed by atoms with Crippen molar-refractivity contribution in [2.45, 2.75) is 64.1 Å². The normalized spacial score (nSPS) is 39.3. The fraction of sp³-hybridized carbons (Fsp3) is 0.552. The van der Waals surface area contributed by atoms with Gasteiger partial charge in [0.05, 0.1) is 17.9 Å². The van der Waals surface area contributed by atoms with Crippen LogP contribution in [0.15, 0.2) is 53.8 Å². The minimum absolute atomic E-state index is 0.0501. The highest BCUT2D eigenvalue weighted by Gasteiger charge is 2.69. The van der Waals surface area contributed by atoms with Crippen molar-refractivity contribution < 1.29 is 34.4 Å². The molecule has 7 nitrogen and oxygen atoms in total. The Hall–Kier alpha value is -2.61. The lowest BCUT2D eigenvalue weighted by molar-refractivity contribution is -0.182. The number of ether oxygens (including phenoxy) is 1. The zero-order chi connectivity index (χ0) is 25.9. The summed E-state index contributed by atoms with van der Waals surface area (Å²) >= 11 is 0. The predicted molar refractivity (Wildman–Crippen MR) is 130 cm³/mol. The Morgan fingerprint density at radius 3 is 2.53 bits per heavy atom. The van der Waals surface area contributed by atoms with E-state index < -0.39 is 40.9 Å². The average molecular weight is 495 g/mol. The Bertz CT molecular complexity index is 1150. The molecule has 0 amide bonds. The van der Waals surface area contributed by atoms with Crippen molar-refractivity contribution in [1.29, 1.82) is 0 Å². The van der Waals surface area contributed by atoms with Crippen LogP contribution in [0.4, 0.5) is 0 Å². The van der Waals surface area contributed by atoms with Crippen molar-refractivity contribution in [2.24, 2.45) is 28.6 Å². The summed E-state index contributed by atoms with van der Waals surface area (Å²) in [4.78, 5) is 38.1. The van der Waals surface area contributed by atoms with Gasteiger partial charge in [0.15, 0.2) is 11.6 Å². The van der Waals surface area contributed by atoms with Gasteiger partial charge in [-0.1, -0.05) is 42.8 Å². The highest BCUT2D eigenvalue weighted by Crippen LogP contribution is 2.68. The lowest BCUT2D eigenvalue weighted by atomic mass is 9.45. The first-order valence-corrected chi connectivity index (χ1v) is 12.8. The van der Waals surface area contributed by atoms with E-state index in [1.165, 1.54) is 6.08 Å². The van der Waals surface area contributed by atoms with Crippen molar-refractivity contribution in [3.05, 3.63) is 59.4 Å². The third-order valence-corrected chi connectivity index (χ3v) is 9.81. The summed E-state index contributed by atoms with van der Waals surface area (Å²) in [7, 11) is 0. The Kier molecular flexibility index (Phi) is 6.09. The van der Waals surface area contributed by atoms with Crippen LogP contribution in [0.3, 0.4) is 0 Å². The molecule has 3 N–H and O–H groups in total. The quantitative estimate of drug-likeness (QED) is 0.538. The minimum Gasteiger partial charge on any atom is -0.430 e. The number of aliphatic hydroxyl groups excluding tert-OH is 2. The molecule has 0 radical (unpaired) electrons. The molecular weight excluding hydrogens is 460 g/mol. The molecular formula is C29H34O7. The number of Topliss-reactive ketones (excluding diaryl/α,β-unsaturated/α-hetero) is 1. The molecule has 0 aromatic heterocycles. The molecule has 4 aliphatic carbocycles. The summed E-state index contributed by atoms with van der Waals surface area (Å²) in [5.41, 5.74) is -1.76. The molecule has 0 aliphatic heterocycles. The number of hydrogen-bond donors (Lipinski definition) is 3. The molecule has 0 unspecified atom stereocenters. The first kappa shape index (κ1) is 25.1. The van der Waals surface area contributed by atoms with Crippen molar-refractivity contribution in [3.8, 4) is 0 Å². The summed E-state index contributed by atoms with van der Waals surface area (Å²) in [5, 5.41) is 32.5. The lowest BCUT2D eigenvalue weighted by Gasteiger charge is -2.60. The second-order valence-corrected chi connectivity index (χ2v) is 11.4. The number of carbonyl (C=O) groups is 3. The molecule has 1 aromatic rings. The summed E-state index contributed by atoms with van der Waals surface area (Å²) in [5.74, 6) is -1.48. The van der Waals surface area contributed by atoms with Gasteiger partial charge in [-0.05, 0) is 62.5 Å². The van der Waals surface area contributed by atoms with Gasteiger partial charge in [0.2, 0.25) is 0 Å². The average Bonchev–Trinajstić information content (AvgIpc) is 3.10. The monoisotopic (exact) mass is 494 g/mol. The summed E-state index contributed by atoms with van der Waals surface area (Å²) in [6, 6.07) is 9.24. The summed E-state index contributed by atoms with van der Waals surface area (Å²) in [6.07, 6.45) is 4.47. The maximum absolute atomic E-state index is 12.9. The van der Waals surface area contributed by atoms with E-state index >= 15 is 0 Å². The molecule has 36 heavy (non-hydrogen) atoms. The number of esters is 1. The smallest absolute Gasteiger partial charge is 0.315 e. The molecule has 7 atom stereocenters. The number of benzene rings is 1. The van der Waals surface area contributed by atoms with E-state index in [4.69, 9.17) is 4.74 Å². The SMILES string of the molecule is C[C@@]12C(=CC(=O)C=C1OC(=O)Cc1ccccc1)CC[C@@H]1[C@@H]2[C@@H](O)C[C@@]2(C)[C@H]1CC[C@]2(O)C(=O)CO. The van der Waals surface area contributed by atoms with Gasteiger partial charge >= 0.3 is 5.97 Å². The van der Waals surface area contributed by atoms with Crippen molar-refractivity contribution in [1.82, 2.24) is 0 Å². The van der Waals surface area contributed by atoms with Gasteiger partial charge in [-0.15, -0.1) is 0 Å². The summed E-state index contributed by atoms with van der Waals surface area (Å²) in [6.45, 7) is 3.06. The highest BCUT2D eigenvalue weighted by molar-refractivity contribution is 6.02. The van der Waals surface area contributed by atoms with Gasteiger partial charge in [-0.25, -0.2) is 0 Å². The highest BCUT2D eigenvalue weighted by atomic mass is 16.5.